The van der Waals surface area contributed by atoms with Crippen LogP contribution in [-0.2, 0) is 6.54 Å². The molecule has 3 N–H and O–H groups in total. The Morgan fingerprint density at radius 3 is 2.44 bits per heavy atom. The highest BCUT2D eigenvalue weighted by molar-refractivity contribution is 6.33. The monoisotopic (exact) mass is 369 g/mol. The third-order valence-electron chi connectivity index (χ3n) is 4.12. The van der Waals surface area contributed by atoms with Gasteiger partial charge in [-0.05, 0) is 37.3 Å². The number of nitrogens with one attached hydrogen (secondary N) is 1. The molecule has 1 heterocycles. The van der Waals surface area contributed by atoms with Crippen LogP contribution in [0.3, 0.4) is 0 Å². The predicted octanol–water partition coefficient (Wildman–Crippen LogP) is 1.92. The van der Waals surface area contributed by atoms with Gasteiger partial charge in [0.2, 0.25) is 0 Å². The van der Waals surface area contributed by atoms with E-state index in [1.807, 2.05) is 25.1 Å². The van der Waals surface area contributed by atoms with Crippen LogP contribution in [0.25, 0.3) is 10.8 Å². The summed E-state index contributed by atoms with van der Waals surface area (Å²) in [7, 11) is 1.34. The van der Waals surface area contributed by atoms with Gasteiger partial charge in [0.25, 0.3) is 0 Å². The molecule has 0 saturated carbocycles. The fraction of sp³-hybridized carbons (Fsp3) is 0.222. The van der Waals surface area contributed by atoms with E-state index in [1.165, 1.54) is 0 Å². The van der Waals surface area contributed by atoms with Crippen LogP contribution in [0.4, 0.5) is 5.82 Å². The number of methoxy groups -OCH3 is 2. The van der Waals surface area contributed by atoms with Crippen LogP contribution in [0.15, 0.2) is 36.4 Å². The Morgan fingerprint density at radius 1 is 0.963 bits per heavy atom. The maximum absolute atomic E-state index is 8.97. The summed E-state index contributed by atoms with van der Waals surface area (Å²) in [6, 6.07) is 10.7. The second-order valence-corrected chi connectivity index (χ2v) is 5.82. The van der Waals surface area contributed by atoms with E-state index in [0.717, 1.165) is 22.1 Å². The first-order valence-corrected chi connectivity index (χ1v) is 8.26. The summed E-state index contributed by atoms with van der Waals surface area (Å²) in [6.07, 6.45) is 0. The molecule has 0 saturated heterocycles. The van der Waals surface area contributed by atoms with Gasteiger partial charge in [-0.1, -0.05) is 0 Å². The lowest BCUT2D eigenvalue weighted by Gasteiger charge is -2.13. The van der Waals surface area contributed by atoms with Crippen molar-refractivity contribution in [1.82, 2.24) is 10.2 Å². The molecule has 0 fully saturated rings. The average Bonchev–Trinajstić information content (AvgIpc) is 2.67. The van der Waals surface area contributed by atoms with Crippen molar-refractivity contribution in [2.45, 2.75) is 13.5 Å². The molecule has 2 aromatic carbocycles. The van der Waals surface area contributed by atoms with Gasteiger partial charge in [-0.2, -0.15) is 5.10 Å². The molecular formula is C18H20BN3O5. The zero-order chi connectivity index (χ0) is 19.4. The van der Waals surface area contributed by atoms with Gasteiger partial charge in [0.15, 0.2) is 5.82 Å². The highest BCUT2D eigenvalue weighted by Gasteiger charge is 2.14. The quantitative estimate of drug-likeness (QED) is 0.543. The smallest absolute Gasteiger partial charge is 0.512 e. The lowest BCUT2D eigenvalue weighted by Crippen LogP contribution is -2.20. The molecule has 0 aliphatic heterocycles. The third kappa shape index (κ3) is 4.21. The molecule has 8 nitrogen and oxygen atoms in total. The highest BCUT2D eigenvalue weighted by Crippen LogP contribution is 2.29. The summed E-state index contributed by atoms with van der Waals surface area (Å²) < 4.78 is 15.5. The summed E-state index contributed by atoms with van der Waals surface area (Å²) in [5, 5.41) is 31.3. The molecule has 9 heteroatoms. The lowest BCUT2D eigenvalue weighted by molar-refractivity contribution is 0.288. The number of benzene rings is 2. The zero-order valence-electron chi connectivity index (χ0n) is 15.3. The van der Waals surface area contributed by atoms with Gasteiger partial charge in [0, 0.05) is 28.9 Å². The zero-order valence-corrected chi connectivity index (χ0v) is 15.3. The van der Waals surface area contributed by atoms with Crippen molar-refractivity contribution >= 4 is 23.9 Å². The van der Waals surface area contributed by atoms with Gasteiger partial charge in [-0.15, -0.1) is 5.10 Å². The fourth-order valence-corrected chi connectivity index (χ4v) is 2.76. The molecule has 0 aliphatic rings. The lowest BCUT2D eigenvalue weighted by atomic mass is 10.1. The van der Waals surface area contributed by atoms with E-state index in [9.17, 15) is 0 Å². The Kier molecular flexibility index (Phi) is 5.63. The summed E-state index contributed by atoms with van der Waals surface area (Å²) in [4.78, 5) is 0. The van der Waals surface area contributed by atoms with E-state index in [-0.39, 0.29) is 0 Å². The molecule has 1 aromatic heterocycles. The third-order valence-corrected chi connectivity index (χ3v) is 4.12. The summed E-state index contributed by atoms with van der Waals surface area (Å²) in [5.41, 5.74) is 1.65. The van der Waals surface area contributed by atoms with E-state index < -0.39 is 7.32 Å². The minimum atomic E-state index is -1.88. The number of anilines is 1. The summed E-state index contributed by atoms with van der Waals surface area (Å²) >= 11 is 0. The topological polar surface area (TPSA) is 106 Å². The SMILES string of the molecule is COc1ccc(CNc2nnc(C)c3cc(OB(O)O)ccc23)c(OC)c1. The molecule has 0 radical (unpaired) electrons. The Morgan fingerprint density at radius 2 is 1.74 bits per heavy atom. The largest absolute Gasteiger partial charge is 0.707 e. The summed E-state index contributed by atoms with van der Waals surface area (Å²) in [6.45, 7) is 2.30. The van der Waals surface area contributed by atoms with Gasteiger partial charge in [0.05, 0.1) is 19.9 Å². The number of hydrogen-bond donors (Lipinski definition) is 3. The number of ether oxygens (including phenoxy) is 2. The van der Waals surface area contributed by atoms with Crippen molar-refractivity contribution in [2.24, 2.45) is 0 Å². The molecule has 0 bridgehead atoms. The van der Waals surface area contributed by atoms with Crippen LogP contribution in [0.1, 0.15) is 11.3 Å². The average molecular weight is 369 g/mol. The van der Waals surface area contributed by atoms with Crippen LogP contribution in [0, 0.1) is 6.92 Å². The maximum Gasteiger partial charge on any atom is 0.707 e. The van der Waals surface area contributed by atoms with Crippen LogP contribution in [0.5, 0.6) is 17.2 Å². The van der Waals surface area contributed by atoms with Crippen molar-refractivity contribution < 1.29 is 24.2 Å². The Balaban J connectivity index is 1.88. The van der Waals surface area contributed by atoms with Crippen molar-refractivity contribution in [2.75, 3.05) is 19.5 Å². The number of aryl methyl sites for hydroxylation is 1. The van der Waals surface area contributed by atoms with E-state index in [4.69, 9.17) is 24.2 Å². The van der Waals surface area contributed by atoms with Gasteiger partial charge in [0.1, 0.15) is 17.2 Å². The first-order valence-electron chi connectivity index (χ1n) is 8.26. The van der Waals surface area contributed by atoms with E-state index in [2.05, 4.69) is 15.5 Å². The first kappa shape index (κ1) is 18.7. The molecule has 0 aliphatic carbocycles. The number of fused-ring (bicyclic) bond motifs is 1. The van der Waals surface area contributed by atoms with E-state index >= 15 is 0 Å². The van der Waals surface area contributed by atoms with Gasteiger partial charge in [-0.3, -0.25) is 0 Å². The van der Waals surface area contributed by atoms with Gasteiger partial charge < -0.3 is 29.5 Å². The van der Waals surface area contributed by atoms with Crippen LogP contribution in [0.2, 0.25) is 0 Å². The first-order chi connectivity index (χ1) is 13.0. The van der Waals surface area contributed by atoms with Crippen molar-refractivity contribution in [3.05, 3.63) is 47.7 Å². The van der Waals surface area contributed by atoms with Crippen molar-refractivity contribution in [3.63, 3.8) is 0 Å². The molecule has 0 amide bonds. The number of rotatable bonds is 7. The number of aromatic nitrogens is 2. The molecule has 3 aromatic rings. The van der Waals surface area contributed by atoms with Gasteiger partial charge >= 0.3 is 7.32 Å². The maximum atomic E-state index is 8.97. The van der Waals surface area contributed by atoms with Crippen LogP contribution >= 0.6 is 0 Å². The van der Waals surface area contributed by atoms with Crippen LogP contribution < -0.4 is 19.4 Å². The predicted molar refractivity (Wildman–Crippen MR) is 102 cm³/mol. The van der Waals surface area contributed by atoms with Crippen molar-refractivity contribution in [1.29, 1.82) is 0 Å². The minimum Gasteiger partial charge on any atom is -0.512 e. The minimum absolute atomic E-state index is 0.330. The molecular weight excluding hydrogens is 349 g/mol. The fourth-order valence-electron chi connectivity index (χ4n) is 2.76. The Labute approximate surface area is 156 Å². The van der Waals surface area contributed by atoms with Crippen molar-refractivity contribution in [3.8, 4) is 17.2 Å². The standard InChI is InChI=1S/C18H20BN3O5/c1-11-16-8-14(27-19(23)24)6-7-15(16)18(22-21-11)20-10-12-4-5-13(25-2)9-17(12)26-3/h4-9,23-24H,10H2,1-3H3,(H,20,22). The number of nitrogens with zero attached hydrogens (tertiary/aromatic N) is 2. The molecule has 3 rings (SSSR count). The molecule has 0 atom stereocenters. The molecule has 0 spiro atoms. The Hall–Kier alpha value is -3.04. The van der Waals surface area contributed by atoms with E-state index in [1.54, 1.807) is 32.4 Å². The second kappa shape index (κ2) is 8.11. The molecule has 140 valence electrons. The number of hydrogen-bond acceptors (Lipinski definition) is 8. The normalized spacial score (nSPS) is 10.6. The van der Waals surface area contributed by atoms with Gasteiger partial charge in [-0.25, -0.2) is 0 Å². The molecule has 0 unspecified atom stereocenters. The Bertz CT molecular complexity index is 952. The summed E-state index contributed by atoms with van der Waals surface area (Å²) in [5.74, 6) is 2.36. The molecule has 27 heavy (non-hydrogen) atoms. The second-order valence-electron chi connectivity index (χ2n) is 5.82. The highest BCUT2D eigenvalue weighted by atomic mass is 16.6. The van der Waals surface area contributed by atoms with E-state index in [0.29, 0.717) is 29.6 Å². The van der Waals surface area contributed by atoms with Crippen LogP contribution in [-0.4, -0.2) is 41.8 Å².